The van der Waals surface area contributed by atoms with Crippen LogP contribution in [0.25, 0.3) is 0 Å². The lowest BCUT2D eigenvalue weighted by atomic mass is 9.44. The van der Waals surface area contributed by atoms with Crippen LogP contribution in [0, 0.1) is 52.3 Å². The molecule has 0 radical (unpaired) electrons. The summed E-state index contributed by atoms with van der Waals surface area (Å²) >= 11 is 1.94. The van der Waals surface area contributed by atoms with Gasteiger partial charge in [0.2, 0.25) is 5.91 Å². The number of carbonyl (C=O) groups excluding carboxylic acids is 2. The lowest BCUT2D eigenvalue weighted by Gasteiger charge is -2.61. The van der Waals surface area contributed by atoms with Gasteiger partial charge in [0.15, 0.2) is 0 Å². The standard InChI is InChI=1S/C41H71N3O4S/c1-27(2)9-8-10-28(3)32-15-16-33-31-14-13-29-25-30(17-19-40(29,4)34(31)18-20-41(32,33)5)48-24-23-47-22-21-42-37(45)12-7-6-11-36-38-35(26-49-36)43-39(46)44-38/h27-36,38H,6-26H2,1-5H3,(H,42,45)(H2,43,44,46)/t28-,29?,30+,31+,32-,33+,34+,35+,36+,38+,40+,41-/m1/s1. The van der Waals surface area contributed by atoms with E-state index in [0.717, 1.165) is 66.4 Å². The number of urea groups is 1. The second-order valence-corrected chi connectivity index (χ2v) is 19.6. The van der Waals surface area contributed by atoms with E-state index in [1.165, 1.54) is 77.0 Å². The Morgan fingerprint density at radius 1 is 0.918 bits per heavy atom. The molecule has 12 atom stereocenters. The first-order valence-electron chi connectivity index (χ1n) is 20.7. The van der Waals surface area contributed by atoms with Crippen molar-refractivity contribution in [2.75, 3.05) is 32.1 Å². The number of fused-ring (bicyclic) bond motifs is 6. The Balaban J connectivity index is 0.829. The van der Waals surface area contributed by atoms with Gasteiger partial charge in [-0.05, 0) is 123 Å². The van der Waals surface area contributed by atoms with Crippen molar-refractivity contribution in [1.29, 1.82) is 0 Å². The third kappa shape index (κ3) is 8.64. The van der Waals surface area contributed by atoms with E-state index in [4.69, 9.17) is 9.47 Å². The molecular formula is C41H71N3O4S. The first kappa shape index (κ1) is 37.8. The van der Waals surface area contributed by atoms with Crippen LogP contribution in [0.4, 0.5) is 4.79 Å². The molecule has 2 heterocycles. The zero-order valence-electron chi connectivity index (χ0n) is 31.7. The molecule has 7 nitrogen and oxygen atoms in total. The van der Waals surface area contributed by atoms with Gasteiger partial charge in [-0.25, -0.2) is 4.79 Å². The van der Waals surface area contributed by atoms with Gasteiger partial charge < -0.3 is 25.4 Å². The molecule has 3 amide bonds. The molecule has 4 saturated carbocycles. The normalized spacial score (nSPS) is 40.2. The third-order valence-electron chi connectivity index (χ3n) is 15.0. The summed E-state index contributed by atoms with van der Waals surface area (Å²) in [6.07, 6.45) is 20.7. The second kappa shape index (κ2) is 16.8. The fourth-order valence-electron chi connectivity index (χ4n) is 12.4. The molecule has 6 aliphatic rings. The molecule has 8 heteroatoms. The average molecular weight is 702 g/mol. The Morgan fingerprint density at radius 2 is 1.73 bits per heavy atom. The van der Waals surface area contributed by atoms with Gasteiger partial charge in [-0.3, -0.25) is 4.79 Å². The summed E-state index contributed by atoms with van der Waals surface area (Å²) in [4.78, 5) is 23.8. The minimum atomic E-state index is -0.0339. The van der Waals surface area contributed by atoms with E-state index in [-0.39, 0.29) is 24.0 Å². The molecule has 0 aromatic rings. The first-order chi connectivity index (χ1) is 23.6. The molecule has 0 bridgehead atoms. The number of rotatable bonds is 17. The van der Waals surface area contributed by atoms with E-state index in [2.05, 4.69) is 50.6 Å². The topological polar surface area (TPSA) is 88.7 Å². The van der Waals surface area contributed by atoms with Gasteiger partial charge in [-0.2, -0.15) is 11.8 Å². The molecule has 49 heavy (non-hydrogen) atoms. The number of hydrogen-bond donors (Lipinski definition) is 3. The predicted molar refractivity (Wildman–Crippen MR) is 201 cm³/mol. The number of nitrogens with one attached hydrogen (secondary N) is 3. The third-order valence-corrected chi connectivity index (χ3v) is 16.6. The van der Waals surface area contributed by atoms with Crippen LogP contribution in [0.1, 0.15) is 137 Å². The lowest BCUT2D eigenvalue weighted by molar-refractivity contribution is -0.138. The van der Waals surface area contributed by atoms with E-state index in [0.29, 0.717) is 55.0 Å². The van der Waals surface area contributed by atoms with Crippen molar-refractivity contribution in [2.45, 2.75) is 161 Å². The molecule has 6 rings (SSSR count). The average Bonchev–Trinajstić information content (AvgIpc) is 3.74. The maximum absolute atomic E-state index is 12.3. The summed E-state index contributed by atoms with van der Waals surface area (Å²) in [7, 11) is 0. The molecule has 2 saturated heterocycles. The highest BCUT2D eigenvalue weighted by Crippen LogP contribution is 2.68. The van der Waals surface area contributed by atoms with Crippen molar-refractivity contribution in [2.24, 2.45) is 52.3 Å². The van der Waals surface area contributed by atoms with Crippen LogP contribution in [0.2, 0.25) is 0 Å². The molecule has 4 aliphatic carbocycles. The number of ether oxygens (including phenoxy) is 2. The summed E-state index contributed by atoms with van der Waals surface area (Å²) in [6, 6.07) is 0.484. The van der Waals surface area contributed by atoms with Gasteiger partial charge in [-0.1, -0.05) is 60.3 Å². The molecule has 3 N–H and O–H groups in total. The quantitative estimate of drug-likeness (QED) is 0.105. The monoisotopic (exact) mass is 702 g/mol. The smallest absolute Gasteiger partial charge is 0.315 e. The van der Waals surface area contributed by atoms with Crippen LogP contribution in [-0.4, -0.2) is 67.5 Å². The fraction of sp³-hybridized carbons (Fsp3) is 0.951. The number of thioether (sulfide) groups is 1. The van der Waals surface area contributed by atoms with E-state index < -0.39 is 0 Å². The van der Waals surface area contributed by atoms with Gasteiger partial charge in [0, 0.05) is 24.0 Å². The van der Waals surface area contributed by atoms with E-state index in [1.807, 2.05) is 11.8 Å². The van der Waals surface area contributed by atoms with E-state index in [1.54, 1.807) is 0 Å². The molecule has 2 aliphatic heterocycles. The van der Waals surface area contributed by atoms with Crippen molar-refractivity contribution in [3.05, 3.63) is 0 Å². The Morgan fingerprint density at radius 3 is 2.57 bits per heavy atom. The molecule has 280 valence electrons. The Bertz CT molecular complexity index is 1110. The van der Waals surface area contributed by atoms with Crippen LogP contribution < -0.4 is 16.0 Å². The highest BCUT2D eigenvalue weighted by atomic mass is 32.2. The predicted octanol–water partition coefficient (Wildman–Crippen LogP) is 8.35. The van der Waals surface area contributed by atoms with Crippen LogP contribution >= 0.6 is 11.8 Å². The molecular weight excluding hydrogens is 631 g/mol. The summed E-state index contributed by atoms with van der Waals surface area (Å²) in [6.45, 7) is 15.1. The van der Waals surface area contributed by atoms with Gasteiger partial charge in [-0.15, -0.1) is 0 Å². The van der Waals surface area contributed by atoms with Gasteiger partial charge >= 0.3 is 6.03 Å². The second-order valence-electron chi connectivity index (χ2n) is 18.3. The van der Waals surface area contributed by atoms with E-state index in [9.17, 15) is 9.59 Å². The van der Waals surface area contributed by atoms with Crippen molar-refractivity contribution in [1.82, 2.24) is 16.0 Å². The summed E-state index contributed by atoms with van der Waals surface area (Å²) < 4.78 is 12.3. The zero-order valence-corrected chi connectivity index (χ0v) is 32.6. The fourth-order valence-corrected chi connectivity index (χ4v) is 13.9. The Kier molecular flexibility index (Phi) is 12.9. The number of amides is 3. The SMILES string of the molecule is CC(C)CCC[C@@H](C)[C@H]1CC[C@H]2[C@@H]3CCC4C[C@@H](OCCOCCNC(=O)CCCC[C@@H]5SC[C@@H]6NC(=O)N[C@@H]65)CC[C@]4(C)[C@H]3CC[C@]12C. The summed E-state index contributed by atoms with van der Waals surface area (Å²) in [5.74, 6) is 7.42. The Labute approximate surface area is 303 Å². The van der Waals surface area contributed by atoms with Crippen LogP contribution in [0.5, 0.6) is 0 Å². The minimum Gasteiger partial charge on any atom is -0.377 e. The number of hydrogen-bond acceptors (Lipinski definition) is 5. The molecule has 0 aromatic heterocycles. The summed E-state index contributed by atoms with van der Waals surface area (Å²) in [5.41, 5.74) is 1.09. The highest BCUT2D eigenvalue weighted by Gasteiger charge is 2.60. The van der Waals surface area contributed by atoms with Crippen LogP contribution in [-0.2, 0) is 14.3 Å². The van der Waals surface area contributed by atoms with E-state index >= 15 is 0 Å². The Hall–Kier alpha value is -0.990. The number of unbranched alkanes of at least 4 members (excludes halogenated alkanes) is 1. The molecule has 6 fully saturated rings. The van der Waals surface area contributed by atoms with Crippen molar-refractivity contribution >= 4 is 23.7 Å². The van der Waals surface area contributed by atoms with Crippen molar-refractivity contribution in [3.8, 4) is 0 Å². The van der Waals surface area contributed by atoms with Gasteiger partial charge in [0.25, 0.3) is 0 Å². The largest absolute Gasteiger partial charge is 0.377 e. The zero-order chi connectivity index (χ0) is 34.6. The maximum atomic E-state index is 12.3. The molecule has 0 aromatic carbocycles. The first-order valence-corrected chi connectivity index (χ1v) is 21.8. The van der Waals surface area contributed by atoms with Gasteiger partial charge in [0.05, 0.1) is 38.0 Å². The minimum absolute atomic E-state index is 0.0339. The van der Waals surface area contributed by atoms with Crippen molar-refractivity contribution in [3.63, 3.8) is 0 Å². The van der Waals surface area contributed by atoms with Crippen LogP contribution in [0.3, 0.4) is 0 Å². The lowest BCUT2D eigenvalue weighted by Crippen LogP contribution is -2.54. The molecule has 1 unspecified atom stereocenters. The maximum Gasteiger partial charge on any atom is 0.315 e. The van der Waals surface area contributed by atoms with Gasteiger partial charge in [0.1, 0.15) is 0 Å². The van der Waals surface area contributed by atoms with Crippen molar-refractivity contribution < 1.29 is 19.1 Å². The molecule has 0 spiro atoms. The number of carbonyl (C=O) groups is 2. The highest BCUT2D eigenvalue weighted by molar-refractivity contribution is 8.00. The summed E-state index contributed by atoms with van der Waals surface area (Å²) in [5, 5.41) is 9.51. The van der Waals surface area contributed by atoms with Crippen LogP contribution in [0.15, 0.2) is 0 Å².